The number of pyridine rings is 1. The van der Waals surface area contributed by atoms with Gasteiger partial charge in [0.25, 0.3) is 0 Å². The highest BCUT2D eigenvalue weighted by atomic mass is 15.2. The fourth-order valence-electron chi connectivity index (χ4n) is 1.52. The van der Waals surface area contributed by atoms with Gasteiger partial charge in [0.15, 0.2) is 0 Å². The molecule has 0 atom stereocenters. The van der Waals surface area contributed by atoms with Gasteiger partial charge >= 0.3 is 0 Å². The molecule has 14 heavy (non-hydrogen) atoms. The first kappa shape index (κ1) is 9.21. The molecule has 2 aromatic heterocycles. The van der Waals surface area contributed by atoms with Gasteiger partial charge in [-0.15, -0.1) is 0 Å². The highest BCUT2D eigenvalue weighted by Crippen LogP contribution is 2.08. The summed E-state index contributed by atoms with van der Waals surface area (Å²) < 4.78 is 1.91. The summed E-state index contributed by atoms with van der Waals surface area (Å²) in [6.07, 6.45) is 5.07. The minimum Gasteiger partial charge on any atom is -0.313 e. The molecule has 1 N–H and O–H groups in total. The van der Waals surface area contributed by atoms with E-state index < -0.39 is 0 Å². The van der Waals surface area contributed by atoms with Gasteiger partial charge in [-0.1, -0.05) is 13.0 Å². The van der Waals surface area contributed by atoms with E-state index in [1.807, 2.05) is 29.0 Å². The largest absolute Gasteiger partial charge is 0.313 e. The molecule has 3 heteroatoms. The summed E-state index contributed by atoms with van der Waals surface area (Å²) in [7, 11) is 0. The zero-order valence-corrected chi connectivity index (χ0v) is 8.40. The van der Waals surface area contributed by atoms with Crippen molar-refractivity contribution in [1.82, 2.24) is 14.9 Å². The third kappa shape index (κ3) is 1.77. The average Bonchev–Trinajstić information content (AvgIpc) is 2.63. The Morgan fingerprint density at radius 3 is 3.21 bits per heavy atom. The van der Waals surface area contributed by atoms with Crippen LogP contribution in [0.1, 0.15) is 18.9 Å². The monoisotopic (exact) mass is 189 g/mol. The molecule has 0 aliphatic carbocycles. The van der Waals surface area contributed by atoms with Crippen molar-refractivity contribution in [3.63, 3.8) is 0 Å². The van der Waals surface area contributed by atoms with Crippen molar-refractivity contribution in [1.29, 1.82) is 0 Å². The number of hydrogen-bond donors (Lipinski definition) is 1. The van der Waals surface area contributed by atoms with E-state index in [1.165, 1.54) is 17.5 Å². The van der Waals surface area contributed by atoms with E-state index in [0.717, 1.165) is 13.1 Å². The van der Waals surface area contributed by atoms with Crippen LogP contribution < -0.4 is 5.32 Å². The van der Waals surface area contributed by atoms with Gasteiger partial charge < -0.3 is 5.32 Å². The van der Waals surface area contributed by atoms with E-state index in [4.69, 9.17) is 0 Å². The molecule has 74 valence electrons. The lowest BCUT2D eigenvalue weighted by atomic mass is 10.2. The maximum Gasteiger partial charge on any atom is 0.0706 e. The SMILES string of the molecule is CCCNCc1cnn2ccccc12. The van der Waals surface area contributed by atoms with Gasteiger partial charge in [0, 0.05) is 18.3 Å². The molecule has 2 rings (SSSR count). The number of rotatable bonds is 4. The van der Waals surface area contributed by atoms with Crippen LogP contribution in [-0.2, 0) is 6.54 Å². The van der Waals surface area contributed by atoms with E-state index in [-0.39, 0.29) is 0 Å². The second-order valence-corrected chi connectivity index (χ2v) is 3.38. The molecule has 0 saturated carbocycles. The molecule has 0 fully saturated rings. The van der Waals surface area contributed by atoms with Crippen LogP contribution in [-0.4, -0.2) is 16.2 Å². The number of nitrogens with zero attached hydrogens (tertiary/aromatic N) is 2. The van der Waals surface area contributed by atoms with Crippen LogP contribution in [0.15, 0.2) is 30.6 Å². The third-order valence-corrected chi connectivity index (χ3v) is 2.25. The summed E-state index contributed by atoms with van der Waals surface area (Å²) in [5.74, 6) is 0. The fraction of sp³-hybridized carbons (Fsp3) is 0.364. The fourth-order valence-corrected chi connectivity index (χ4v) is 1.52. The molecule has 0 aliphatic heterocycles. The molecule has 2 heterocycles. The zero-order valence-electron chi connectivity index (χ0n) is 8.40. The van der Waals surface area contributed by atoms with Gasteiger partial charge in [0.2, 0.25) is 0 Å². The summed E-state index contributed by atoms with van der Waals surface area (Å²) in [6.45, 7) is 4.13. The predicted octanol–water partition coefficient (Wildman–Crippen LogP) is 1.83. The first-order chi connectivity index (χ1) is 6.92. The summed E-state index contributed by atoms with van der Waals surface area (Å²) in [5.41, 5.74) is 2.45. The van der Waals surface area contributed by atoms with E-state index in [2.05, 4.69) is 23.4 Å². The van der Waals surface area contributed by atoms with Crippen LogP contribution in [0.4, 0.5) is 0 Å². The Morgan fingerprint density at radius 2 is 2.36 bits per heavy atom. The summed E-state index contributed by atoms with van der Waals surface area (Å²) in [5, 5.41) is 7.65. The van der Waals surface area contributed by atoms with Gasteiger partial charge in [-0.2, -0.15) is 5.10 Å². The highest BCUT2D eigenvalue weighted by molar-refractivity contribution is 5.53. The Morgan fingerprint density at radius 1 is 1.43 bits per heavy atom. The average molecular weight is 189 g/mol. The maximum absolute atomic E-state index is 4.27. The summed E-state index contributed by atoms with van der Waals surface area (Å²) >= 11 is 0. The molecule has 0 radical (unpaired) electrons. The molecule has 0 spiro atoms. The Balaban J connectivity index is 2.17. The minimum atomic E-state index is 0.904. The van der Waals surface area contributed by atoms with Crippen molar-refractivity contribution in [2.24, 2.45) is 0 Å². The smallest absolute Gasteiger partial charge is 0.0706 e. The van der Waals surface area contributed by atoms with Crippen LogP contribution in [0, 0.1) is 0 Å². The molecule has 2 aromatic rings. The molecular weight excluding hydrogens is 174 g/mol. The second-order valence-electron chi connectivity index (χ2n) is 3.38. The topological polar surface area (TPSA) is 29.3 Å². The van der Waals surface area contributed by atoms with E-state index in [0.29, 0.717) is 0 Å². The standard InChI is InChI=1S/C11H15N3/c1-2-6-12-8-10-9-13-14-7-4-3-5-11(10)14/h3-5,7,9,12H,2,6,8H2,1H3. The van der Waals surface area contributed by atoms with Crippen LogP contribution in [0.3, 0.4) is 0 Å². The van der Waals surface area contributed by atoms with Crippen LogP contribution >= 0.6 is 0 Å². The molecule has 0 bridgehead atoms. The van der Waals surface area contributed by atoms with Crippen LogP contribution in [0.25, 0.3) is 5.52 Å². The molecular formula is C11H15N3. The molecule has 0 saturated heterocycles. The van der Waals surface area contributed by atoms with Gasteiger partial charge in [0.05, 0.1) is 11.7 Å². The van der Waals surface area contributed by atoms with Crippen LogP contribution in [0.2, 0.25) is 0 Å². The number of hydrogen-bond acceptors (Lipinski definition) is 2. The number of aromatic nitrogens is 2. The van der Waals surface area contributed by atoms with Crippen molar-refractivity contribution < 1.29 is 0 Å². The van der Waals surface area contributed by atoms with Crippen molar-refractivity contribution in [2.75, 3.05) is 6.54 Å². The highest BCUT2D eigenvalue weighted by Gasteiger charge is 2.00. The minimum absolute atomic E-state index is 0.904. The number of fused-ring (bicyclic) bond motifs is 1. The van der Waals surface area contributed by atoms with Gasteiger partial charge in [-0.05, 0) is 25.1 Å². The quantitative estimate of drug-likeness (QED) is 0.743. The van der Waals surface area contributed by atoms with Crippen molar-refractivity contribution in [3.8, 4) is 0 Å². The maximum atomic E-state index is 4.27. The number of nitrogens with one attached hydrogen (secondary N) is 1. The molecule has 3 nitrogen and oxygen atoms in total. The first-order valence-corrected chi connectivity index (χ1v) is 5.04. The van der Waals surface area contributed by atoms with E-state index in [1.54, 1.807) is 0 Å². The van der Waals surface area contributed by atoms with Crippen molar-refractivity contribution >= 4 is 5.52 Å². The molecule has 0 aromatic carbocycles. The first-order valence-electron chi connectivity index (χ1n) is 5.04. The second kappa shape index (κ2) is 4.24. The Hall–Kier alpha value is -1.35. The Bertz CT molecular complexity index is 406. The van der Waals surface area contributed by atoms with Crippen LogP contribution in [0.5, 0.6) is 0 Å². The van der Waals surface area contributed by atoms with Gasteiger partial charge in [0.1, 0.15) is 0 Å². The van der Waals surface area contributed by atoms with Gasteiger partial charge in [-0.25, -0.2) is 4.52 Å². The van der Waals surface area contributed by atoms with Crippen molar-refractivity contribution in [3.05, 3.63) is 36.2 Å². The Kier molecular flexibility index (Phi) is 2.79. The molecule has 0 aliphatic rings. The zero-order chi connectivity index (χ0) is 9.80. The lowest BCUT2D eigenvalue weighted by molar-refractivity contribution is 0.678. The predicted molar refractivity (Wildman–Crippen MR) is 57.2 cm³/mol. The molecule has 0 amide bonds. The summed E-state index contributed by atoms with van der Waals surface area (Å²) in [6, 6.07) is 6.12. The van der Waals surface area contributed by atoms with E-state index >= 15 is 0 Å². The Labute approximate surface area is 83.7 Å². The van der Waals surface area contributed by atoms with Crippen molar-refractivity contribution in [2.45, 2.75) is 19.9 Å². The van der Waals surface area contributed by atoms with E-state index in [9.17, 15) is 0 Å². The third-order valence-electron chi connectivity index (χ3n) is 2.25. The lowest BCUT2D eigenvalue weighted by Gasteiger charge is -2.00. The molecule has 0 unspecified atom stereocenters. The summed E-state index contributed by atoms with van der Waals surface area (Å²) in [4.78, 5) is 0. The van der Waals surface area contributed by atoms with Gasteiger partial charge in [-0.3, -0.25) is 0 Å². The lowest BCUT2D eigenvalue weighted by Crippen LogP contribution is -2.13. The normalized spacial score (nSPS) is 10.9.